The smallest absolute Gasteiger partial charge is 0.259 e. The molecule has 0 radical (unpaired) electrons. The van der Waals surface area contributed by atoms with Gasteiger partial charge in [0.2, 0.25) is 5.89 Å². The number of fused-ring (bicyclic) bond motifs is 1. The molecule has 6 nitrogen and oxygen atoms in total. The minimum absolute atomic E-state index is 0.204. The lowest BCUT2D eigenvalue weighted by Crippen LogP contribution is -2.13. The monoisotopic (exact) mass is 394 g/mol. The van der Waals surface area contributed by atoms with Gasteiger partial charge in [0, 0.05) is 11.3 Å². The Morgan fingerprint density at radius 2 is 1.67 bits per heavy atom. The molecule has 0 aliphatic rings. The van der Waals surface area contributed by atoms with Gasteiger partial charge in [0.15, 0.2) is 5.58 Å². The van der Waals surface area contributed by atoms with Crippen molar-refractivity contribution in [3.63, 3.8) is 0 Å². The molecule has 1 amide bonds. The average Bonchev–Trinajstić information content (AvgIpc) is 3.38. The molecule has 30 heavy (non-hydrogen) atoms. The lowest BCUT2D eigenvalue weighted by molar-refractivity contribution is 0.102. The van der Waals surface area contributed by atoms with Crippen LogP contribution in [0.4, 0.5) is 5.69 Å². The number of nitrogens with zero attached hydrogens (tertiary/aromatic N) is 3. The molecule has 0 atom stereocenters. The average molecular weight is 394 g/mol. The van der Waals surface area contributed by atoms with E-state index in [0.29, 0.717) is 17.1 Å². The van der Waals surface area contributed by atoms with Crippen molar-refractivity contribution in [1.29, 1.82) is 0 Å². The van der Waals surface area contributed by atoms with Gasteiger partial charge in [0.05, 0.1) is 23.1 Å². The maximum atomic E-state index is 12.8. The minimum Gasteiger partial charge on any atom is -0.436 e. The molecule has 5 rings (SSSR count). The first-order valence-electron chi connectivity index (χ1n) is 9.56. The zero-order valence-corrected chi connectivity index (χ0v) is 16.2. The van der Waals surface area contributed by atoms with Gasteiger partial charge in [-0.15, -0.1) is 0 Å². The van der Waals surface area contributed by atoms with E-state index in [1.165, 1.54) is 0 Å². The Hall–Kier alpha value is -4.19. The van der Waals surface area contributed by atoms with Gasteiger partial charge in [0.25, 0.3) is 5.91 Å². The second-order valence-electron chi connectivity index (χ2n) is 6.91. The van der Waals surface area contributed by atoms with Gasteiger partial charge < -0.3 is 9.73 Å². The Bertz CT molecular complexity index is 1300. The summed E-state index contributed by atoms with van der Waals surface area (Å²) in [5.41, 5.74) is 5.32. The third kappa shape index (κ3) is 3.24. The van der Waals surface area contributed by atoms with E-state index < -0.39 is 0 Å². The second-order valence-corrected chi connectivity index (χ2v) is 6.91. The summed E-state index contributed by atoms with van der Waals surface area (Å²) in [4.78, 5) is 17.3. The van der Waals surface area contributed by atoms with Crippen molar-refractivity contribution < 1.29 is 9.21 Å². The van der Waals surface area contributed by atoms with Gasteiger partial charge in [-0.2, -0.15) is 5.10 Å². The van der Waals surface area contributed by atoms with Crippen LogP contribution in [-0.2, 0) is 0 Å². The number of nitrogens with one attached hydrogen (secondary N) is 1. The van der Waals surface area contributed by atoms with Gasteiger partial charge in [-0.3, -0.25) is 4.79 Å². The van der Waals surface area contributed by atoms with E-state index in [4.69, 9.17) is 4.42 Å². The largest absolute Gasteiger partial charge is 0.436 e. The van der Waals surface area contributed by atoms with Crippen LogP contribution in [0, 0.1) is 6.92 Å². The van der Waals surface area contributed by atoms with Crippen molar-refractivity contribution in [1.82, 2.24) is 14.8 Å². The summed E-state index contributed by atoms with van der Waals surface area (Å²) in [5.74, 6) is 0.346. The van der Waals surface area contributed by atoms with Crippen molar-refractivity contribution in [2.24, 2.45) is 0 Å². The molecule has 0 saturated carbocycles. The summed E-state index contributed by atoms with van der Waals surface area (Å²) >= 11 is 0. The Morgan fingerprint density at radius 3 is 2.43 bits per heavy atom. The predicted octanol–water partition coefficient (Wildman–Crippen LogP) is 5.24. The maximum Gasteiger partial charge on any atom is 0.259 e. The molecular formula is C24H18N4O2. The number of hydrogen-bond donors (Lipinski definition) is 1. The number of anilines is 1. The SMILES string of the molecule is Cc1c(C(=O)Nc2ccc(-c3nc4ccccc4o3)cc2)cnn1-c1ccccc1. The quantitative estimate of drug-likeness (QED) is 0.452. The van der Waals surface area contributed by atoms with Gasteiger partial charge in [-0.05, 0) is 55.5 Å². The molecule has 1 N–H and O–H groups in total. The fourth-order valence-electron chi connectivity index (χ4n) is 3.35. The van der Waals surface area contributed by atoms with Crippen molar-refractivity contribution in [3.05, 3.63) is 96.3 Å². The van der Waals surface area contributed by atoms with E-state index >= 15 is 0 Å². The molecular weight excluding hydrogens is 376 g/mol. The lowest BCUT2D eigenvalue weighted by Gasteiger charge is -2.07. The van der Waals surface area contributed by atoms with Crippen LogP contribution < -0.4 is 5.32 Å². The molecule has 2 aromatic heterocycles. The lowest BCUT2D eigenvalue weighted by atomic mass is 10.2. The van der Waals surface area contributed by atoms with Crippen LogP contribution in [0.1, 0.15) is 16.1 Å². The van der Waals surface area contributed by atoms with E-state index in [0.717, 1.165) is 28.0 Å². The number of para-hydroxylation sites is 3. The van der Waals surface area contributed by atoms with Gasteiger partial charge in [-0.1, -0.05) is 30.3 Å². The molecule has 0 saturated heterocycles. The van der Waals surface area contributed by atoms with E-state index in [2.05, 4.69) is 15.4 Å². The highest BCUT2D eigenvalue weighted by Crippen LogP contribution is 2.25. The van der Waals surface area contributed by atoms with Crippen LogP contribution in [0.5, 0.6) is 0 Å². The molecule has 146 valence electrons. The molecule has 3 aromatic carbocycles. The number of amides is 1. The molecule has 0 fully saturated rings. The summed E-state index contributed by atoms with van der Waals surface area (Å²) in [7, 11) is 0. The molecule has 0 unspecified atom stereocenters. The van der Waals surface area contributed by atoms with Gasteiger partial charge >= 0.3 is 0 Å². The highest BCUT2D eigenvalue weighted by atomic mass is 16.3. The Balaban J connectivity index is 1.35. The second kappa shape index (κ2) is 7.33. The van der Waals surface area contributed by atoms with Crippen LogP contribution in [0.25, 0.3) is 28.2 Å². The number of oxazole rings is 1. The molecule has 0 aliphatic heterocycles. The van der Waals surface area contributed by atoms with Crippen molar-refractivity contribution >= 4 is 22.7 Å². The summed E-state index contributed by atoms with van der Waals surface area (Å²) in [6.07, 6.45) is 1.59. The summed E-state index contributed by atoms with van der Waals surface area (Å²) in [5, 5.41) is 7.28. The minimum atomic E-state index is -0.204. The standard InChI is InChI=1S/C24H18N4O2/c1-16-20(15-25-28(16)19-7-3-2-4-8-19)23(29)26-18-13-11-17(12-14-18)24-27-21-9-5-6-10-22(21)30-24/h2-15H,1H3,(H,26,29). The number of benzene rings is 3. The number of rotatable bonds is 4. The van der Waals surface area contributed by atoms with Gasteiger partial charge in [0.1, 0.15) is 5.52 Å². The topological polar surface area (TPSA) is 73.0 Å². The Kier molecular flexibility index (Phi) is 4.37. The maximum absolute atomic E-state index is 12.8. The zero-order chi connectivity index (χ0) is 20.5. The Labute approximate surface area is 172 Å². The number of carbonyl (C=O) groups is 1. The molecule has 0 bridgehead atoms. The van der Waals surface area contributed by atoms with Crippen LogP contribution in [0.2, 0.25) is 0 Å². The fraction of sp³-hybridized carbons (Fsp3) is 0.0417. The van der Waals surface area contributed by atoms with Crippen LogP contribution in [0.3, 0.4) is 0 Å². The van der Waals surface area contributed by atoms with Crippen LogP contribution in [0.15, 0.2) is 89.5 Å². The molecule has 0 aliphatic carbocycles. The van der Waals surface area contributed by atoms with Crippen molar-refractivity contribution in [2.75, 3.05) is 5.32 Å². The summed E-state index contributed by atoms with van der Waals surface area (Å²) in [6.45, 7) is 1.88. The molecule has 5 aromatic rings. The van der Waals surface area contributed by atoms with Gasteiger partial charge in [-0.25, -0.2) is 9.67 Å². The number of aromatic nitrogens is 3. The summed E-state index contributed by atoms with van der Waals surface area (Å²) in [6, 6.07) is 24.8. The Morgan fingerprint density at radius 1 is 0.933 bits per heavy atom. The molecule has 0 spiro atoms. The fourth-order valence-corrected chi connectivity index (χ4v) is 3.35. The molecule has 2 heterocycles. The van der Waals surface area contributed by atoms with E-state index in [1.54, 1.807) is 10.9 Å². The van der Waals surface area contributed by atoms with Crippen LogP contribution >= 0.6 is 0 Å². The van der Waals surface area contributed by atoms with Crippen molar-refractivity contribution in [3.8, 4) is 17.1 Å². The van der Waals surface area contributed by atoms with E-state index in [9.17, 15) is 4.79 Å². The summed E-state index contributed by atoms with van der Waals surface area (Å²) < 4.78 is 7.55. The predicted molar refractivity (Wildman–Crippen MR) is 116 cm³/mol. The normalized spacial score (nSPS) is 11.0. The third-order valence-electron chi connectivity index (χ3n) is 4.94. The highest BCUT2D eigenvalue weighted by Gasteiger charge is 2.15. The third-order valence-corrected chi connectivity index (χ3v) is 4.94. The number of carbonyl (C=O) groups excluding carboxylic acids is 1. The van der Waals surface area contributed by atoms with E-state index in [-0.39, 0.29) is 5.91 Å². The first kappa shape index (κ1) is 17.9. The zero-order valence-electron chi connectivity index (χ0n) is 16.2. The van der Waals surface area contributed by atoms with Crippen molar-refractivity contribution in [2.45, 2.75) is 6.92 Å². The highest BCUT2D eigenvalue weighted by molar-refractivity contribution is 6.05. The first-order valence-corrected chi connectivity index (χ1v) is 9.56. The number of hydrogen-bond acceptors (Lipinski definition) is 4. The first-order chi connectivity index (χ1) is 14.7. The van der Waals surface area contributed by atoms with E-state index in [1.807, 2.05) is 85.8 Å². The molecule has 6 heteroatoms. The van der Waals surface area contributed by atoms with Crippen LogP contribution in [-0.4, -0.2) is 20.7 Å².